The van der Waals surface area contributed by atoms with Gasteiger partial charge < -0.3 is 20.1 Å². The van der Waals surface area contributed by atoms with E-state index in [9.17, 15) is 40.0 Å². The van der Waals surface area contributed by atoms with Gasteiger partial charge in [-0.1, -0.05) is 13.0 Å². The lowest BCUT2D eigenvalue weighted by Gasteiger charge is -2.26. The monoisotopic (exact) mass is 582 g/mol. The SMILES string of the molecule is CCc1cc(OCC(F)(F)F)ccc1[C@H]1Cc2nn(CCOCC(F)F)c(NC(=O)CS(C)(=O)=O)c2C(=O)N1. The zero-order valence-electron chi connectivity index (χ0n) is 21.0. The van der Waals surface area contributed by atoms with Crippen molar-refractivity contribution >= 4 is 27.5 Å². The third-order valence-electron chi connectivity index (χ3n) is 5.57. The molecule has 0 aliphatic carbocycles. The molecule has 1 aromatic carbocycles. The van der Waals surface area contributed by atoms with E-state index in [1.54, 1.807) is 13.0 Å². The molecule has 0 unspecified atom stereocenters. The lowest BCUT2D eigenvalue weighted by molar-refractivity contribution is -0.153. The van der Waals surface area contributed by atoms with Crippen molar-refractivity contribution in [2.24, 2.45) is 0 Å². The number of aryl methyl sites for hydroxylation is 1. The zero-order valence-corrected chi connectivity index (χ0v) is 21.8. The van der Waals surface area contributed by atoms with Crippen LogP contribution in [0.15, 0.2) is 18.2 Å². The van der Waals surface area contributed by atoms with Gasteiger partial charge in [-0.3, -0.25) is 9.59 Å². The van der Waals surface area contributed by atoms with Crippen LogP contribution >= 0.6 is 0 Å². The Bertz CT molecular complexity index is 1310. The van der Waals surface area contributed by atoms with E-state index in [0.717, 1.165) is 6.26 Å². The van der Waals surface area contributed by atoms with E-state index >= 15 is 0 Å². The molecule has 39 heavy (non-hydrogen) atoms. The van der Waals surface area contributed by atoms with Crippen molar-refractivity contribution < 1.29 is 49.4 Å². The van der Waals surface area contributed by atoms with Gasteiger partial charge in [0.25, 0.3) is 12.3 Å². The largest absolute Gasteiger partial charge is 0.484 e. The second kappa shape index (κ2) is 12.3. The highest BCUT2D eigenvalue weighted by Gasteiger charge is 2.34. The van der Waals surface area contributed by atoms with Crippen molar-refractivity contribution in [3.63, 3.8) is 0 Å². The lowest BCUT2D eigenvalue weighted by Crippen LogP contribution is -2.36. The Balaban J connectivity index is 1.89. The minimum absolute atomic E-state index is 0.0136. The number of nitrogens with zero attached hydrogens (tertiary/aromatic N) is 2. The maximum atomic E-state index is 13.2. The van der Waals surface area contributed by atoms with Gasteiger partial charge in [0.2, 0.25) is 5.91 Å². The molecule has 16 heteroatoms. The Morgan fingerprint density at radius 2 is 2.03 bits per heavy atom. The third kappa shape index (κ3) is 8.61. The Morgan fingerprint density at radius 1 is 1.31 bits per heavy atom. The molecule has 3 rings (SSSR count). The third-order valence-corrected chi connectivity index (χ3v) is 6.36. The highest BCUT2D eigenvalue weighted by Crippen LogP contribution is 2.33. The number of hydrogen-bond acceptors (Lipinski definition) is 7. The summed E-state index contributed by atoms with van der Waals surface area (Å²) >= 11 is 0. The van der Waals surface area contributed by atoms with Crippen LogP contribution in [0.2, 0.25) is 0 Å². The van der Waals surface area contributed by atoms with Gasteiger partial charge in [-0.15, -0.1) is 0 Å². The topological polar surface area (TPSA) is 129 Å². The molecule has 2 amide bonds. The molecule has 10 nitrogen and oxygen atoms in total. The van der Waals surface area contributed by atoms with Gasteiger partial charge >= 0.3 is 6.18 Å². The fourth-order valence-electron chi connectivity index (χ4n) is 4.06. The summed E-state index contributed by atoms with van der Waals surface area (Å²) in [5, 5.41) is 9.51. The number of carbonyl (C=O) groups is 2. The normalized spacial score (nSPS) is 15.7. The Labute approximate surface area is 220 Å². The van der Waals surface area contributed by atoms with E-state index in [-0.39, 0.29) is 42.4 Å². The zero-order chi connectivity index (χ0) is 29.0. The number of aromatic nitrogens is 2. The molecule has 0 fully saturated rings. The van der Waals surface area contributed by atoms with Crippen LogP contribution in [0.3, 0.4) is 0 Å². The molecule has 0 saturated heterocycles. The second-order valence-corrected chi connectivity index (χ2v) is 11.0. The Morgan fingerprint density at radius 3 is 2.64 bits per heavy atom. The standard InChI is InChI=1S/C23H27F5N4O6S/c1-3-13-8-14(38-12-23(26,27)28)4-5-15(13)16-9-17-20(22(34)29-16)21(30-19(33)11-39(2,35)36)32(31-17)6-7-37-10-18(24)25/h4-5,8,16,18H,3,6-7,9-12H2,1-2H3,(H,29,34)(H,30,33)/t16-/m1/s1. The molecule has 0 bridgehead atoms. The highest BCUT2D eigenvalue weighted by atomic mass is 32.2. The van der Waals surface area contributed by atoms with Crippen LogP contribution in [0.4, 0.5) is 27.8 Å². The molecule has 2 N–H and O–H groups in total. The number of halogens is 5. The van der Waals surface area contributed by atoms with Gasteiger partial charge in [0.15, 0.2) is 16.4 Å². The highest BCUT2D eigenvalue weighted by molar-refractivity contribution is 7.91. The number of alkyl halides is 5. The summed E-state index contributed by atoms with van der Waals surface area (Å²) in [7, 11) is -3.70. The van der Waals surface area contributed by atoms with Crippen LogP contribution < -0.4 is 15.4 Å². The van der Waals surface area contributed by atoms with Gasteiger partial charge in [0, 0.05) is 12.7 Å². The molecule has 216 valence electrons. The van der Waals surface area contributed by atoms with Gasteiger partial charge in [0.05, 0.1) is 24.9 Å². The summed E-state index contributed by atoms with van der Waals surface area (Å²) in [6.07, 6.45) is -5.80. The van der Waals surface area contributed by atoms with E-state index < -0.39 is 59.3 Å². The minimum Gasteiger partial charge on any atom is -0.484 e. The molecule has 1 aliphatic rings. The van der Waals surface area contributed by atoms with E-state index in [0.29, 0.717) is 17.5 Å². The Kier molecular flexibility index (Phi) is 9.53. The number of ether oxygens (including phenoxy) is 2. The van der Waals surface area contributed by atoms with Crippen molar-refractivity contribution in [1.82, 2.24) is 15.1 Å². The van der Waals surface area contributed by atoms with E-state index in [1.165, 1.54) is 16.8 Å². The quantitative estimate of drug-likeness (QED) is 0.291. The second-order valence-electron chi connectivity index (χ2n) is 8.83. The number of fused-ring (bicyclic) bond motifs is 1. The van der Waals surface area contributed by atoms with Crippen molar-refractivity contribution in [3.05, 3.63) is 40.6 Å². The number of anilines is 1. The summed E-state index contributed by atoms with van der Waals surface area (Å²) < 4.78 is 96.4. The van der Waals surface area contributed by atoms with Gasteiger partial charge in [0.1, 0.15) is 29.5 Å². The first kappa shape index (κ1) is 30.3. The molecule has 2 aromatic rings. The maximum Gasteiger partial charge on any atom is 0.422 e. The molecule has 2 heterocycles. The molecule has 0 spiro atoms. The summed E-state index contributed by atoms with van der Waals surface area (Å²) in [6.45, 7) is -0.860. The van der Waals surface area contributed by atoms with Crippen LogP contribution in [0.5, 0.6) is 5.75 Å². The molecular formula is C23H27F5N4O6S. The van der Waals surface area contributed by atoms with Crippen LogP contribution in [0.25, 0.3) is 0 Å². The van der Waals surface area contributed by atoms with Gasteiger partial charge in [-0.25, -0.2) is 21.9 Å². The average Bonchev–Trinajstić information content (AvgIpc) is 3.15. The molecule has 1 atom stereocenters. The summed E-state index contributed by atoms with van der Waals surface area (Å²) in [6, 6.07) is 3.73. The Hall–Kier alpha value is -3.27. The number of benzene rings is 1. The van der Waals surface area contributed by atoms with Crippen LogP contribution in [-0.4, -0.2) is 74.4 Å². The number of hydrogen-bond donors (Lipinski definition) is 2. The van der Waals surface area contributed by atoms with E-state index in [4.69, 9.17) is 9.47 Å². The predicted octanol–water partition coefficient (Wildman–Crippen LogP) is 2.68. The summed E-state index contributed by atoms with van der Waals surface area (Å²) in [5.74, 6) is -2.52. The number of amides is 2. The van der Waals surface area contributed by atoms with E-state index in [1.807, 2.05) is 0 Å². The van der Waals surface area contributed by atoms with Gasteiger partial charge in [-0.05, 0) is 29.7 Å². The first-order valence-corrected chi connectivity index (χ1v) is 13.8. The molecule has 1 aliphatic heterocycles. The van der Waals surface area contributed by atoms with Crippen molar-refractivity contribution in [1.29, 1.82) is 0 Å². The lowest BCUT2D eigenvalue weighted by atomic mass is 9.91. The van der Waals surface area contributed by atoms with Crippen molar-refractivity contribution in [3.8, 4) is 5.75 Å². The molecule has 1 aromatic heterocycles. The van der Waals surface area contributed by atoms with Crippen molar-refractivity contribution in [2.45, 2.75) is 45.0 Å². The van der Waals surface area contributed by atoms with E-state index in [2.05, 4.69) is 15.7 Å². The number of sulfone groups is 1. The van der Waals surface area contributed by atoms with Crippen LogP contribution in [-0.2, 0) is 38.8 Å². The molecule has 0 saturated carbocycles. The maximum absolute atomic E-state index is 13.2. The average molecular weight is 583 g/mol. The minimum atomic E-state index is -4.50. The fourth-order valence-corrected chi connectivity index (χ4v) is 4.61. The van der Waals surface area contributed by atoms with Gasteiger partial charge in [-0.2, -0.15) is 18.3 Å². The number of rotatable bonds is 12. The molecular weight excluding hydrogens is 555 g/mol. The molecule has 0 radical (unpaired) electrons. The van der Waals surface area contributed by atoms with Crippen LogP contribution in [0.1, 0.15) is 40.1 Å². The smallest absolute Gasteiger partial charge is 0.422 e. The number of nitrogens with one attached hydrogen (secondary N) is 2. The summed E-state index contributed by atoms with van der Waals surface area (Å²) in [4.78, 5) is 25.5. The number of carbonyl (C=O) groups excluding carboxylic acids is 2. The first-order valence-electron chi connectivity index (χ1n) is 11.7. The first-order chi connectivity index (χ1) is 18.2. The van der Waals surface area contributed by atoms with Crippen LogP contribution in [0, 0.1) is 0 Å². The van der Waals surface area contributed by atoms with Crippen molar-refractivity contribution in [2.75, 3.05) is 37.1 Å². The fraction of sp³-hybridized carbons (Fsp3) is 0.522. The summed E-state index contributed by atoms with van der Waals surface area (Å²) in [5.41, 5.74) is 1.47. The predicted molar refractivity (Wildman–Crippen MR) is 129 cm³/mol.